The SMILES string of the molecule is CN(CCC(=O)Nc1ccsc1C(=O)O)Cc1cnc2ccccn12. The molecule has 0 aliphatic rings. The highest BCUT2D eigenvalue weighted by Crippen LogP contribution is 2.22. The molecule has 1 amide bonds. The number of carboxylic acids is 1. The summed E-state index contributed by atoms with van der Waals surface area (Å²) in [6, 6.07) is 7.44. The third-order valence-corrected chi connectivity index (χ3v) is 4.68. The van der Waals surface area contributed by atoms with E-state index >= 15 is 0 Å². The number of hydrogen-bond donors (Lipinski definition) is 2. The Morgan fingerprint density at radius 2 is 2.20 bits per heavy atom. The maximum Gasteiger partial charge on any atom is 0.348 e. The molecule has 25 heavy (non-hydrogen) atoms. The van der Waals surface area contributed by atoms with E-state index in [4.69, 9.17) is 5.11 Å². The van der Waals surface area contributed by atoms with Crippen molar-refractivity contribution in [3.05, 3.63) is 52.6 Å². The second kappa shape index (κ2) is 7.45. The first-order valence-corrected chi connectivity index (χ1v) is 8.62. The number of imidazole rings is 1. The zero-order valence-corrected chi connectivity index (χ0v) is 14.5. The number of hydrogen-bond acceptors (Lipinski definition) is 5. The minimum absolute atomic E-state index is 0.146. The van der Waals surface area contributed by atoms with E-state index in [2.05, 4.69) is 10.3 Å². The van der Waals surface area contributed by atoms with Crippen LogP contribution in [-0.4, -0.2) is 44.9 Å². The topological polar surface area (TPSA) is 86.9 Å². The first-order chi connectivity index (χ1) is 12.0. The minimum Gasteiger partial charge on any atom is -0.477 e. The number of carboxylic acid groups (broad SMARTS) is 1. The lowest BCUT2D eigenvalue weighted by Crippen LogP contribution is -2.24. The highest BCUT2D eigenvalue weighted by atomic mass is 32.1. The van der Waals surface area contributed by atoms with Crippen LogP contribution in [0.3, 0.4) is 0 Å². The zero-order valence-electron chi connectivity index (χ0n) is 13.7. The van der Waals surface area contributed by atoms with Crippen LogP contribution < -0.4 is 5.32 Å². The average molecular weight is 358 g/mol. The smallest absolute Gasteiger partial charge is 0.348 e. The Labute approximate surface area is 148 Å². The van der Waals surface area contributed by atoms with Crippen LogP contribution in [0.15, 0.2) is 42.0 Å². The number of carbonyl (C=O) groups is 2. The molecule has 0 aliphatic carbocycles. The molecule has 0 atom stereocenters. The van der Waals surface area contributed by atoms with Gasteiger partial charge in [0.1, 0.15) is 10.5 Å². The zero-order chi connectivity index (χ0) is 17.8. The van der Waals surface area contributed by atoms with Gasteiger partial charge in [-0.05, 0) is 30.6 Å². The molecule has 0 saturated carbocycles. The highest BCUT2D eigenvalue weighted by Gasteiger charge is 2.14. The molecule has 0 saturated heterocycles. The Morgan fingerprint density at radius 3 is 3.00 bits per heavy atom. The van der Waals surface area contributed by atoms with Gasteiger partial charge < -0.3 is 19.7 Å². The lowest BCUT2D eigenvalue weighted by molar-refractivity contribution is -0.116. The van der Waals surface area contributed by atoms with Gasteiger partial charge in [0.15, 0.2) is 0 Å². The van der Waals surface area contributed by atoms with Crippen molar-refractivity contribution < 1.29 is 14.7 Å². The molecule has 0 fully saturated rings. The van der Waals surface area contributed by atoms with Crippen LogP contribution in [0.1, 0.15) is 21.8 Å². The molecular formula is C17H18N4O3S. The molecule has 7 nitrogen and oxygen atoms in total. The van der Waals surface area contributed by atoms with Gasteiger partial charge in [-0.2, -0.15) is 0 Å². The van der Waals surface area contributed by atoms with Gasteiger partial charge in [0.05, 0.1) is 17.6 Å². The summed E-state index contributed by atoms with van der Waals surface area (Å²) in [7, 11) is 1.93. The van der Waals surface area contributed by atoms with Gasteiger partial charge in [0.2, 0.25) is 5.91 Å². The lowest BCUT2D eigenvalue weighted by Gasteiger charge is -2.16. The molecule has 3 aromatic rings. The number of amides is 1. The molecule has 0 bridgehead atoms. The van der Waals surface area contributed by atoms with Crippen molar-refractivity contribution in [2.24, 2.45) is 0 Å². The molecule has 130 valence electrons. The van der Waals surface area contributed by atoms with Crippen LogP contribution in [-0.2, 0) is 11.3 Å². The molecule has 0 aromatic carbocycles. The molecule has 2 N–H and O–H groups in total. The van der Waals surface area contributed by atoms with Gasteiger partial charge in [-0.3, -0.25) is 4.79 Å². The normalized spacial score (nSPS) is 11.1. The third kappa shape index (κ3) is 4.04. The lowest BCUT2D eigenvalue weighted by atomic mass is 10.3. The fraction of sp³-hybridized carbons (Fsp3) is 0.235. The van der Waals surface area contributed by atoms with Crippen molar-refractivity contribution in [2.45, 2.75) is 13.0 Å². The van der Waals surface area contributed by atoms with Gasteiger partial charge in [0, 0.05) is 25.7 Å². The number of nitrogens with zero attached hydrogens (tertiary/aromatic N) is 3. The largest absolute Gasteiger partial charge is 0.477 e. The Bertz CT molecular complexity index is 902. The number of pyridine rings is 1. The molecule has 0 radical (unpaired) electrons. The van der Waals surface area contributed by atoms with Crippen LogP contribution in [0.2, 0.25) is 0 Å². The van der Waals surface area contributed by atoms with Crippen molar-refractivity contribution in [1.29, 1.82) is 0 Å². The van der Waals surface area contributed by atoms with Gasteiger partial charge in [0.25, 0.3) is 0 Å². The van der Waals surface area contributed by atoms with Gasteiger partial charge in [-0.25, -0.2) is 9.78 Å². The molecule has 8 heteroatoms. The molecule has 0 unspecified atom stereocenters. The summed E-state index contributed by atoms with van der Waals surface area (Å²) >= 11 is 1.09. The van der Waals surface area contributed by atoms with E-state index in [1.165, 1.54) is 0 Å². The van der Waals surface area contributed by atoms with Crippen molar-refractivity contribution in [3.8, 4) is 0 Å². The molecule has 0 spiro atoms. The summed E-state index contributed by atoms with van der Waals surface area (Å²) in [4.78, 5) is 29.6. The van der Waals surface area contributed by atoms with E-state index in [0.717, 1.165) is 22.7 Å². The number of nitrogens with one attached hydrogen (secondary N) is 1. The van der Waals surface area contributed by atoms with Crippen LogP contribution in [0.5, 0.6) is 0 Å². The first-order valence-electron chi connectivity index (χ1n) is 7.75. The minimum atomic E-state index is -1.03. The van der Waals surface area contributed by atoms with Gasteiger partial charge in [-0.1, -0.05) is 6.07 Å². The van der Waals surface area contributed by atoms with Crippen molar-refractivity contribution >= 4 is 34.5 Å². The molecule has 3 aromatic heterocycles. The number of anilines is 1. The van der Waals surface area contributed by atoms with E-state index in [1.54, 1.807) is 11.4 Å². The van der Waals surface area contributed by atoms with E-state index in [9.17, 15) is 9.59 Å². The summed E-state index contributed by atoms with van der Waals surface area (Å²) in [6.45, 7) is 1.22. The Morgan fingerprint density at radius 1 is 1.36 bits per heavy atom. The van der Waals surface area contributed by atoms with E-state index in [-0.39, 0.29) is 17.2 Å². The van der Waals surface area contributed by atoms with E-state index in [1.807, 2.05) is 46.9 Å². The number of carbonyl (C=O) groups excluding carboxylic acids is 1. The predicted octanol–water partition coefficient (Wildman–Crippen LogP) is 2.55. The number of aromatic nitrogens is 2. The Hall–Kier alpha value is -2.71. The highest BCUT2D eigenvalue weighted by molar-refractivity contribution is 7.12. The van der Waals surface area contributed by atoms with Crippen molar-refractivity contribution in [1.82, 2.24) is 14.3 Å². The summed E-state index contributed by atoms with van der Waals surface area (Å²) < 4.78 is 2.01. The Kier molecular flexibility index (Phi) is 5.11. The number of thiophene rings is 1. The molecule has 3 heterocycles. The standard InChI is InChI=1S/C17H18N4O3S/c1-20(11-12-10-18-14-4-2-3-7-21(12)14)8-5-15(22)19-13-6-9-25-16(13)17(23)24/h2-4,6-7,9-10H,5,8,11H2,1H3,(H,19,22)(H,23,24). The average Bonchev–Trinajstić information content (AvgIpc) is 3.20. The summed E-state index contributed by atoms with van der Waals surface area (Å²) in [5, 5.41) is 13.4. The molecular weight excluding hydrogens is 340 g/mol. The first kappa shape index (κ1) is 17.1. The number of rotatable bonds is 7. The van der Waals surface area contributed by atoms with E-state index in [0.29, 0.717) is 18.8 Å². The van der Waals surface area contributed by atoms with Crippen LogP contribution >= 0.6 is 11.3 Å². The van der Waals surface area contributed by atoms with Crippen molar-refractivity contribution in [3.63, 3.8) is 0 Å². The predicted molar refractivity (Wildman–Crippen MR) is 96.1 cm³/mol. The van der Waals surface area contributed by atoms with E-state index < -0.39 is 5.97 Å². The maximum absolute atomic E-state index is 12.1. The number of fused-ring (bicyclic) bond motifs is 1. The molecule has 0 aliphatic heterocycles. The van der Waals surface area contributed by atoms with Crippen LogP contribution in [0.25, 0.3) is 5.65 Å². The fourth-order valence-electron chi connectivity index (χ4n) is 2.54. The quantitative estimate of drug-likeness (QED) is 0.678. The third-order valence-electron chi connectivity index (χ3n) is 3.78. The summed E-state index contributed by atoms with van der Waals surface area (Å²) in [5.74, 6) is -1.24. The van der Waals surface area contributed by atoms with Gasteiger partial charge in [-0.15, -0.1) is 11.3 Å². The van der Waals surface area contributed by atoms with Crippen LogP contribution in [0.4, 0.5) is 5.69 Å². The second-order valence-electron chi connectivity index (χ2n) is 5.68. The number of aromatic carboxylic acids is 1. The van der Waals surface area contributed by atoms with Crippen molar-refractivity contribution in [2.75, 3.05) is 18.9 Å². The van der Waals surface area contributed by atoms with Gasteiger partial charge >= 0.3 is 5.97 Å². The fourth-order valence-corrected chi connectivity index (χ4v) is 3.22. The summed E-state index contributed by atoms with van der Waals surface area (Å²) in [5.41, 5.74) is 2.29. The summed E-state index contributed by atoms with van der Waals surface area (Å²) in [6.07, 6.45) is 4.07. The maximum atomic E-state index is 12.1. The Balaban J connectivity index is 1.53. The second-order valence-corrected chi connectivity index (χ2v) is 6.60. The monoisotopic (exact) mass is 358 g/mol. The molecule has 3 rings (SSSR count). The van der Waals surface area contributed by atoms with Crippen LogP contribution in [0, 0.1) is 0 Å².